The highest BCUT2D eigenvalue weighted by Crippen LogP contribution is 2.36. The van der Waals surface area contributed by atoms with Crippen molar-refractivity contribution < 1.29 is 18.7 Å². The fourth-order valence-corrected chi connectivity index (χ4v) is 3.75. The lowest BCUT2D eigenvalue weighted by atomic mass is 9.89. The van der Waals surface area contributed by atoms with Gasteiger partial charge in [-0.05, 0) is 44.0 Å². The lowest BCUT2D eigenvalue weighted by Gasteiger charge is -2.39. The average Bonchev–Trinajstić information content (AvgIpc) is 3.22. The van der Waals surface area contributed by atoms with Crippen molar-refractivity contribution in [3.63, 3.8) is 0 Å². The molecule has 132 valence electrons. The van der Waals surface area contributed by atoms with Crippen molar-refractivity contribution in [1.82, 2.24) is 9.88 Å². The number of furan rings is 1. The van der Waals surface area contributed by atoms with Crippen molar-refractivity contribution in [2.75, 3.05) is 19.7 Å². The molecule has 2 saturated heterocycles. The van der Waals surface area contributed by atoms with Gasteiger partial charge in [-0.2, -0.15) is 0 Å². The standard InChI is InChI=1S/C19H22N2O4/c1-14-5-6-17(24-14)18(22)21-9-3-7-19(13-21)10-16(12-23-19)25-15-4-2-8-20-11-15/h2,4-6,8,11,16H,3,7,9-10,12-13H2,1H3/t16-,19-/m1/s1. The molecule has 2 aliphatic heterocycles. The molecule has 2 aromatic heterocycles. The van der Waals surface area contributed by atoms with Crippen LogP contribution in [0.3, 0.4) is 0 Å². The number of ether oxygens (including phenoxy) is 2. The summed E-state index contributed by atoms with van der Waals surface area (Å²) in [4.78, 5) is 18.6. The number of carbonyl (C=O) groups is 1. The zero-order valence-corrected chi connectivity index (χ0v) is 14.3. The van der Waals surface area contributed by atoms with E-state index in [2.05, 4.69) is 4.98 Å². The number of amides is 1. The molecule has 2 aliphatic rings. The van der Waals surface area contributed by atoms with Gasteiger partial charge in [-0.15, -0.1) is 0 Å². The molecular weight excluding hydrogens is 320 g/mol. The summed E-state index contributed by atoms with van der Waals surface area (Å²) >= 11 is 0. The minimum atomic E-state index is -0.317. The normalized spacial score (nSPS) is 26.1. The molecule has 0 unspecified atom stereocenters. The third kappa shape index (κ3) is 3.39. The van der Waals surface area contributed by atoms with Crippen molar-refractivity contribution in [3.05, 3.63) is 48.2 Å². The number of hydrogen-bond donors (Lipinski definition) is 0. The summed E-state index contributed by atoms with van der Waals surface area (Å²) < 4.78 is 17.6. The van der Waals surface area contributed by atoms with Crippen LogP contribution in [0.4, 0.5) is 0 Å². The van der Waals surface area contributed by atoms with Crippen LogP contribution in [0.5, 0.6) is 5.75 Å². The summed E-state index contributed by atoms with van der Waals surface area (Å²) in [6.07, 6.45) is 6.07. The van der Waals surface area contributed by atoms with E-state index in [1.807, 2.05) is 30.0 Å². The molecule has 6 heteroatoms. The van der Waals surface area contributed by atoms with Gasteiger partial charge in [-0.1, -0.05) is 0 Å². The molecule has 0 aliphatic carbocycles. The van der Waals surface area contributed by atoms with Crippen LogP contribution in [-0.4, -0.2) is 47.2 Å². The first kappa shape index (κ1) is 16.1. The number of likely N-dealkylation sites (tertiary alicyclic amines) is 1. The van der Waals surface area contributed by atoms with E-state index in [1.54, 1.807) is 18.5 Å². The van der Waals surface area contributed by atoms with Gasteiger partial charge in [0.2, 0.25) is 0 Å². The summed E-state index contributed by atoms with van der Waals surface area (Å²) in [7, 11) is 0. The predicted molar refractivity (Wildman–Crippen MR) is 90.5 cm³/mol. The second-order valence-corrected chi connectivity index (χ2v) is 6.87. The van der Waals surface area contributed by atoms with E-state index in [0.717, 1.165) is 37.3 Å². The Bertz CT molecular complexity index is 745. The Hall–Kier alpha value is -2.34. The van der Waals surface area contributed by atoms with Gasteiger partial charge in [0.15, 0.2) is 5.76 Å². The average molecular weight is 342 g/mol. The summed E-state index contributed by atoms with van der Waals surface area (Å²) in [6, 6.07) is 7.31. The molecule has 4 heterocycles. The number of piperidine rings is 1. The first-order valence-electron chi connectivity index (χ1n) is 8.70. The van der Waals surface area contributed by atoms with Crippen molar-refractivity contribution in [1.29, 1.82) is 0 Å². The molecule has 0 saturated carbocycles. The maximum Gasteiger partial charge on any atom is 0.289 e. The zero-order valence-electron chi connectivity index (χ0n) is 14.3. The molecule has 2 aromatic rings. The monoisotopic (exact) mass is 342 g/mol. The molecule has 25 heavy (non-hydrogen) atoms. The highest BCUT2D eigenvalue weighted by atomic mass is 16.6. The van der Waals surface area contributed by atoms with Gasteiger partial charge in [0.05, 0.1) is 24.9 Å². The third-order valence-corrected chi connectivity index (χ3v) is 4.89. The van der Waals surface area contributed by atoms with Crippen LogP contribution in [0.25, 0.3) is 0 Å². The number of carbonyl (C=O) groups excluding carboxylic acids is 1. The number of aromatic nitrogens is 1. The van der Waals surface area contributed by atoms with Crippen molar-refractivity contribution in [3.8, 4) is 5.75 Å². The Morgan fingerprint density at radius 2 is 2.32 bits per heavy atom. The Morgan fingerprint density at radius 3 is 3.08 bits per heavy atom. The van der Waals surface area contributed by atoms with Crippen LogP contribution in [0, 0.1) is 6.92 Å². The second kappa shape index (κ2) is 6.52. The number of rotatable bonds is 3. The van der Waals surface area contributed by atoms with Crippen LogP contribution in [0.15, 0.2) is 41.1 Å². The third-order valence-electron chi connectivity index (χ3n) is 4.89. The quantitative estimate of drug-likeness (QED) is 0.858. The van der Waals surface area contributed by atoms with Crippen molar-refractivity contribution in [2.24, 2.45) is 0 Å². The molecule has 0 radical (unpaired) electrons. The maximum absolute atomic E-state index is 12.7. The van der Waals surface area contributed by atoms with Gasteiger partial charge in [-0.3, -0.25) is 9.78 Å². The molecule has 2 fully saturated rings. The van der Waals surface area contributed by atoms with Crippen molar-refractivity contribution in [2.45, 2.75) is 37.9 Å². The Kier molecular flexibility index (Phi) is 4.21. The molecule has 1 spiro atoms. The SMILES string of the molecule is Cc1ccc(C(=O)N2CCC[C@@]3(C[C@@H](Oc4cccnc4)CO3)C2)o1. The molecule has 4 rings (SSSR count). The van der Waals surface area contributed by atoms with Gasteiger partial charge in [-0.25, -0.2) is 0 Å². The lowest BCUT2D eigenvalue weighted by molar-refractivity contribution is -0.0459. The molecule has 1 amide bonds. The number of aryl methyl sites for hydroxylation is 1. The molecule has 0 aromatic carbocycles. The topological polar surface area (TPSA) is 64.8 Å². The summed E-state index contributed by atoms with van der Waals surface area (Å²) in [6.45, 7) is 3.70. The number of nitrogens with zero attached hydrogens (tertiary/aromatic N) is 2. The highest BCUT2D eigenvalue weighted by Gasteiger charge is 2.45. The summed E-state index contributed by atoms with van der Waals surface area (Å²) in [5, 5.41) is 0. The molecule has 6 nitrogen and oxygen atoms in total. The Labute approximate surface area is 146 Å². The van der Waals surface area contributed by atoms with Gasteiger partial charge in [0.25, 0.3) is 5.91 Å². The predicted octanol–water partition coefficient (Wildman–Crippen LogP) is 2.83. The van der Waals surface area contributed by atoms with Crippen LogP contribution in [0.2, 0.25) is 0 Å². The minimum Gasteiger partial charge on any atom is -0.486 e. The van der Waals surface area contributed by atoms with Crippen molar-refractivity contribution >= 4 is 5.91 Å². The first-order chi connectivity index (χ1) is 12.1. The van der Waals surface area contributed by atoms with Gasteiger partial charge < -0.3 is 18.8 Å². The van der Waals surface area contributed by atoms with E-state index in [1.165, 1.54) is 0 Å². The zero-order chi connectivity index (χ0) is 17.3. The van der Waals surface area contributed by atoms with Crippen LogP contribution in [0.1, 0.15) is 35.6 Å². The van der Waals surface area contributed by atoms with E-state index in [0.29, 0.717) is 18.9 Å². The largest absolute Gasteiger partial charge is 0.486 e. The van der Waals surface area contributed by atoms with E-state index in [4.69, 9.17) is 13.9 Å². The second-order valence-electron chi connectivity index (χ2n) is 6.87. The van der Waals surface area contributed by atoms with Gasteiger partial charge in [0, 0.05) is 19.2 Å². The number of hydrogen-bond acceptors (Lipinski definition) is 5. The van der Waals surface area contributed by atoms with E-state index in [9.17, 15) is 4.79 Å². The van der Waals surface area contributed by atoms with Crippen LogP contribution < -0.4 is 4.74 Å². The summed E-state index contributed by atoms with van der Waals surface area (Å²) in [5.74, 6) is 1.84. The molecule has 0 bridgehead atoms. The van der Waals surface area contributed by atoms with E-state index in [-0.39, 0.29) is 17.6 Å². The van der Waals surface area contributed by atoms with Gasteiger partial charge >= 0.3 is 0 Å². The van der Waals surface area contributed by atoms with Crippen LogP contribution >= 0.6 is 0 Å². The van der Waals surface area contributed by atoms with E-state index >= 15 is 0 Å². The molecular formula is C19H22N2O4. The van der Waals surface area contributed by atoms with E-state index < -0.39 is 0 Å². The maximum atomic E-state index is 12.7. The number of pyridine rings is 1. The Morgan fingerprint density at radius 1 is 1.40 bits per heavy atom. The molecule has 2 atom stereocenters. The highest BCUT2D eigenvalue weighted by molar-refractivity contribution is 5.91. The lowest BCUT2D eigenvalue weighted by Crippen LogP contribution is -2.50. The van der Waals surface area contributed by atoms with Crippen LogP contribution in [-0.2, 0) is 4.74 Å². The fraction of sp³-hybridized carbons (Fsp3) is 0.474. The Balaban J connectivity index is 1.41. The smallest absolute Gasteiger partial charge is 0.289 e. The fourth-order valence-electron chi connectivity index (χ4n) is 3.75. The van der Waals surface area contributed by atoms with Gasteiger partial charge in [0.1, 0.15) is 17.6 Å². The molecule has 0 N–H and O–H groups in total. The first-order valence-corrected chi connectivity index (χ1v) is 8.70. The minimum absolute atomic E-state index is 0.00916. The summed E-state index contributed by atoms with van der Waals surface area (Å²) in [5.41, 5.74) is -0.317.